The molecule has 2 aromatic rings. The van der Waals surface area contributed by atoms with E-state index in [0.29, 0.717) is 4.90 Å². The zero-order chi connectivity index (χ0) is 18.0. The van der Waals surface area contributed by atoms with Gasteiger partial charge < -0.3 is 0 Å². The zero-order valence-electron chi connectivity index (χ0n) is 14.9. The summed E-state index contributed by atoms with van der Waals surface area (Å²) in [6.45, 7) is 6.08. The van der Waals surface area contributed by atoms with E-state index in [4.69, 9.17) is 0 Å². The summed E-state index contributed by atoms with van der Waals surface area (Å²) in [6, 6.07) is 17.5. The molecule has 0 N–H and O–H groups in total. The van der Waals surface area contributed by atoms with Gasteiger partial charge in [0.25, 0.3) is 0 Å². The molecule has 1 saturated heterocycles. The molecule has 25 heavy (non-hydrogen) atoms. The Hall–Kier alpha value is -1.30. The van der Waals surface area contributed by atoms with Gasteiger partial charge in [0.1, 0.15) is 0 Å². The zero-order valence-corrected chi connectivity index (χ0v) is 16.6. The van der Waals surface area contributed by atoms with Gasteiger partial charge in [0.15, 0.2) is 0 Å². The van der Waals surface area contributed by atoms with E-state index >= 15 is 0 Å². The summed E-state index contributed by atoms with van der Waals surface area (Å²) in [4.78, 5) is 1.60. The fraction of sp³-hybridized carbons (Fsp3) is 0.400. The van der Waals surface area contributed by atoms with Crippen LogP contribution in [-0.2, 0) is 10.0 Å². The molecule has 3 nitrogen and oxygen atoms in total. The molecule has 5 heteroatoms. The number of hydrogen-bond acceptors (Lipinski definition) is 3. The lowest BCUT2D eigenvalue weighted by atomic mass is 10.1. The summed E-state index contributed by atoms with van der Waals surface area (Å²) in [5.74, 6) is 0. The van der Waals surface area contributed by atoms with Crippen LogP contribution in [0.15, 0.2) is 64.4 Å². The highest BCUT2D eigenvalue weighted by Crippen LogP contribution is 2.41. The average Bonchev–Trinajstić information content (AvgIpc) is 2.92. The van der Waals surface area contributed by atoms with E-state index in [0.717, 1.165) is 18.4 Å². The average molecular weight is 376 g/mol. The second kappa shape index (κ2) is 7.52. The van der Waals surface area contributed by atoms with Crippen LogP contribution in [0.25, 0.3) is 0 Å². The standard InChI is InChI=1S/C20H25NO2S2/c1-4-19-20(24-17-8-6-5-7-9-17)14-16(3)21(19)25(22,23)18-12-10-15(2)11-13-18/h5-13,16,19-20H,4,14H2,1-3H3/t16-,19+,20-/m1/s1. The quantitative estimate of drug-likeness (QED) is 0.759. The third-order valence-electron chi connectivity index (χ3n) is 4.81. The Kier molecular flexibility index (Phi) is 5.56. The van der Waals surface area contributed by atoms with Crippen LogP contribution in [0, 0.1) is 6.92 Å². The van der Waals surface area contributed by atoms with E-state index in [9.17, 15) is 8.42 Å². The molecule has 1 aliphatic rings. The van der Waals surface area contributed by atoms with Gasteiger partial charge in [-0.1, -0.05) is 42.8 Å². The number of aryl methyl sites for hydroxylation is 1. The second-order valence-electron chi connectivity index (χ2n) is 6.68. The third-order valence-corrected chi connectivity index (χ3v) is 8.22. The van der Waals surface area contributed by atoms with Crippen molar-refractivity contribution in [1.82, 2.24) is 4.31 Å². The largest absolute Gasteiger partial charge is 0.243 e. The van der Waals surface area contributed by atoms with E-state index in [1.807, 2.05) is 44.2 Å². The number of rotatable bonds is 5. The molecule has 0 spiro atoms. The second-order valence-corrected chi connectivity index (χ2v) is 9.83. The number of nitrogens with zero attached hydrogens (tertiary/aromatic N) is 1. The molecule has 3 rings (SSSR count). The molecule has 0 bridgehead atoms. The predicted molar refractivity (Wildman–Crippen MR) is 104 cm³/mol. The van der Waals surface area contributed by atoms with E-state index in [-0.39, 0.29) is 17.3 Å². The van der Waals surface area contributed by atoms with Gasteiger partial charge in [0, 0.05) is 22.2 Å². The summed E-state index contributed by atoms with van der Waals surface area (Å²) >= 11 is 1.80. The smallest absolute Gasteiger partial charge is 0.207 e. The number of benzene rings is 2. The molecule has 0 aliphatic carbocycles. The first kappa shape index (κ1) is 18.5. The summed E-state index contributed by atoms with van der Waals surface area (Å²) in [7, 11) is -3.47. The Morgan fingerprint density at radius 3 is 2.32 bits per heavy atom. The van der Waals surface area contributed by atoms with E-state index in [2.05, 4.69) is 19.1 Å². The van der Waals surface area contributed by atoms with Crippen LogP contribution >= 0.6 is 11.8 Å². The summed E-state index contributed by atoms with van der Waals surface area (Å²) in [5, 5.41) is 0.280. The molecule has 0 radical (unpaired) electrons. The van der Waals surface area contributed by atoms with Crippen molar-refractivity contribution < 1.29 is 8.42 Å². The Bertz CT molecular complexity index is 803. The number of sulfonamides is 1. The molecular weight excluding hydrogens is 350 g/mol. The van der Waals surface area contributed by atoms with Gasteiger partial charge in [-0.2, -0.15) is 4.31 Å². The van der Waals surface area contributed by atoms with Crippen molar-refractivity contribution in [3.63, 3.8) is 0 Å². The maximum atomic E-state index is 13.2. The van der Waals surface area contributed by atoms with Crippen molar-refractivity contribution >= 4 is 21.8 Å². The van der Waals surface area contributed by atoms with Crippen LogP contribution in [0.3, 0.4) is 0 Å². The van der Waals surface area contributed by atoms with Crippen molar-refractivity contribution in [2.45, 2.75) is 60.7 Å². The van der Waals surface area contributed by atoms with E-state index in [1.165, 1.54) is 4.90 Å². The summed E-state index contributed by atoms with van der Waals surface area (Å²) in [5.41, 5.74) is 1.07. The molecule has 1 heterocycles. The first-order valence-electron chi connectivity index (χ1n) is 8.75. The summed E-state index contributed by atoms with van der Waals surface area (Å²) < 4.78 is 28.2. The molecular formula is C20H25NO2S2. The first-order chi connectivity index (χ1) is 11.9. The van der Waals surface area contributed by atoms with Gasteiger partial charge in [-0.25, -0.2) is 8.42 Å². The van der Waals surface area contributed by atoms with Crippen LogP contribution in [0.1, 0.15) is 32.3 Å². The van der Waals surface area contributed by atoms with Crippen LogP contribution < -0.4 is 0 Å². The number of hydrogen-bond donors (Lipinski definition) is 0. The minimum atomic E-state index is -3.47. The Balaban J connectivity index is 1.89. The van der Waals surface area contributed by atoms with Crippen LogP contribution in [0.5, 0.6) is 0 Å². The maximum Gasteiger partial charge on any atom is 0.243 e. The SMILES string of the molecule is CC[C@H]1[C@H](Sc2ccccc2)C[C@@H](C)N1S(=O)(=O)c1ccc(C)cc1. The van der Waals surface area contributed by atoms with Crippen molar-refractivity contribution in [2.24, 2.45) is 0 Å². The Morgan fingerprint density at radius 2 is 1.72 bits per heavy atom. The molecule has 0 unspecified atom stereocenters. The minimum absolute atomic E-state index is 0.0115. The van der Waals surface area contributed by atoms with Crippen LogP contribution in [0.4, 0.5) is 0 Å². The molecule has 2 aromatic carbocycles. The Labute approximate surface area is 155 Å². The van der Waals surface area contributed by atoms with Gasteiger partial charge in [-0.05, 0) is 51.0 Å². The predicted octanol–water partition coefficient (Wildman–Crippen LogP) is 4.72. The van der Waals surface area contributed by atoms with Gasteiger partial charge in [0.05, 0.1) is 4.90 Å². The van der Waals surface area contributed by atoms with Crippen LogP contribution in [0.2, 0.25) is 0 Å². The third kappa shape index (κ3) is 3.78. The molecule has 134 valence electrons. The number of thioether (sulfide) groups is 1. The van der Waals surface area contributed by atoms with Crippen LogP contribution in [-0.4, -0.2) is 30.1 Å². The van der Waals surface area contributed by atoms with E-state index < -0.39 is 10.0 Å². The molecule has 1 aliphatic heterocycles. The van der Waals surface area contributed by atoms with Crippen molar-refractivity contribution in [3.8, 4) is 0 Å². The fourth-order valence-corrected chi connectivity index (χ4v) is 7.11. The van der Waals surface area contributed by atoms with Gasteiger partial charge in [-0.15, -0.1) is 11.8 Å². The lowest BCUT2D eigenvalue weighted by Crippen LogP contribution is -2.41. The van der Waals surface area contributed by atoms with E-state index in [1.54, 1.807) is 28.2 Å². The maximum absolute atomic E-state index is 13.2. The highest BCUT2D eigenvalue weighted by Gasteiger charge is 2.45. The van der Waals surface area contributed by atoms with Gasteiger partial charge >= 0.3 is 0 Å². The molecule has 0 amide bonds. The topological polar surface area (TPSA) is 37.4 Å². The molecule has 0 saturated carbocycles. The normalized spacial score (nSPS) is 24.5. The highest BCUT2D eigenvalue weighted by atomic mass is 32.2. The fourth-order valence-electron chi connectivity index (χ4n) is 3.58. The van der Waals surface area contributed by atoms with Crippen molar-refractivity contribution in [3.05, 3.63) is 60.2 Å². The summed E-state index contributed by atoms with van der Waals surface area (Å²) in [6.07, 6.45) is 1.70. The van der Waals surface area contributed by atoms with Gasteiger partial charge in [0.2, 0.25) is 10.0 Å². The monoisotopic (exact) mass is 375 g/mol. The molecule has 0 aromatic heterocycles. The van der Waals surface area contributed by atoms with Crippen molar-refractivity contribution in [2.75, 3.05) is 0 Å². The molecule has 1 fully saturated rings. The highest BCUT2D eigenvalue weighted by molar-refractivity contribution is 8.00. The lowest BCUT2D eigenvalue weighted by molar-refractivity contribution is 0.330. The minimum Gasteiger partial charge on any atom is -0.207 e. The lowest BCUT2D eigenvalue weighted by Gasteiger charge is -2.28. The van der Waals surface area contributed by atoms with Gasteiger partial charge in [-0.3, -0.25) is 0 Å². The Morgan fingerprint density at radius 1 is 1.08 bits per heavy atom. The first-order valence-corrected chi connectivity index (χ1v) is 11.1. The van der Waals surface area contributed by atoms with Crippen molar-refractivity contribution in [1.29, 1.82) is 0 Å². The molecule has 3 atom stereocenters.